The number of aliphatic imine (C=N–C) groups is 1. The molecule has 0 radical (unpaired) electrons. The highest BCUT2D eigenvalue weighted by Gasteiger charge is 2.40. The summed E-state index contributed by atoms with van der Waals surface area (Å²) < 4.78 is 2.05. The topological polar surface area (TPSA) is 150 Å². The molecule has 0 spiro atoms. The standard InChI is InChI=1S/C41H43ClN8O5S/c1-23-24(2)56-41-36(23)37(27-10-12-28(42)13-11-27)43-32(38-46-45-25(3)50(38)41)20-35(53)48-18-16-47(17-19-48)21-29(51)8-4-6-26-7-5-9-30-31(26)22-49(40(30)55)33-14-15-34(52)44-39(33)54/h5,7,9-13,32-33H,4,6,8,14-22H2,1-3H3,(H,44,52,54)/t32-,33?/m0/s1. The molecule has 1 unspecified atom stereocenters. The summed E-state index contributed by atoms with van der Waals surface area (Å²) in [6, 6.07) is 12.0. The van der Waals surface area contributed by atoms with Crippen molar-refractivity contribution in [2.45, 2.75) is 77.9 Å². The summed E-state index contributed by atoms with van der Waals surface area (Å²) in [5.74, 6) is 0.557. The largest absolute Gasteiger partial charge is 0.340 e. The maximum Gasteiger partial charge on any atom is 0.255 e. The predicted octanol–water partition coefficient (Wildman–Crippen LogP) is 4.69. The van der Waals surface area contributed by atoms with E-state index in [0.29, 0.717) is 81.4 Å². The Morgan fingerprint density at radius 1 is 0.982 bits per heavy atom. The van der Waals surface area contributed by atoms with Crippen molar-refractivity contribution in [3.05, 3.63) is 97.4 Å². The fraction of sp³-hybridized carbons (Fsp3) is 0.415. The minimum Gasteiger partial charge on any atom is -0.340 e. The van der Waals surface area contributed by atoms with E-state index in [-0.39, 0.29) is 36.3 Å². The van der Waals surface area contributed by atoms with Gasteiger partial charge in [0.2, 0.25) is 17.7 Å². The van der Waals surface area contributed by atoms with E-state index >= 15 is 0 Å². The van der Waals surface area contributed by atoms with Gasteiger partial charge in [0.05, 0.1) is 18.7 Å². The molecule has 13 nitrogen and oxygen atoms in total. The van der Waals surface area contributed by atoms with E-state index in [1.165, 1.54) is 4.88 Å². The number of Topliss-reactive ketones (excluding diaryl/α,β-unsaturated/α-hetero) is 1. The average Bonchev–Trinajstić information content (AvgIpc) is 3.79. The SMILES string of the molecule is Cc1sc2c(c1C)C(c1ccc(Cl)cc1)=N[C@@H](CC(=O)N1CCN(CC(=O)CCCc3cccc4c3CN(C3CCC(=O)NC3=O)C4=O)CC1)c1nnc(C)n1-2. The predicted molar refractivity (Wildman–Crippen MR) is 211 cm³/mol. The molecule has 56 heavy (non-hydrogen) atoms. The van der Waals surface area contributed by atoms with Crippen molar-refractivity contribution >= 4 is 58.1 Å². The van der Waals surface area contributed by atoms with Gasteiger partial charge >= 0.3 is 0 Å². The number of aromatic nitrogens is 3. The van der Waals surface area contributed by atoms with Gasteiger partial charge in [-0.15, -0.1) is 21.5 Å². The van der Waals surface area contributed by atoms with Crippen molar-refractivity contribution in [3.8, 4) is 5.00 Å². The molecule has 0 aliphatic carbocycles. The van der Waals surface area contributed by atoms with Crippen molar-refractivity contribution in [3.63, 3.8) is 0 Å². The number of aryl methyl sites for hydroxylation is 3. The minimum atomic E-state index is -0.662. The number of imide groups is 1. The van der Waals surface area contributed by atoms with Crippen molar-refractivity contribution in [2.75, 3.05) is 32.7 Å². The quantitative estimate of drug-likeness (QED) is 0.228. The van der Waals surface area contributed by atoms with E-state index in [2.05, 4.69) is 38.8 Å². The number of amides is 4. The number of fused-ring (bicyclic) bond motifs is 4. The third-order valence-corrected chi connectivity index (χ3v) is 12.9. The third-order valence-electron chi connectivity index (χ3n) is 11.4. The Kier molecular flexibility index (Phi) is 10.5. The first-order valence-corrected chi connectivity index (χ1v) is 20.3. The molecule has 2 aromatic heterocycles. The minimum absolute atomic E-state index is 0.0180. The van der Waals surface area contributed by atoms with Crippen LogP contribution in [0, 0.1) is 20.8 Å². The van der Waals surface area contributed by atoms with E-state index in [9.17, 15) is 24.0 Å². The lowest BCUT2D eigenvalue weighted by atomic mass is 9.98. The molecule has 2 saturated heterocycles. The number of nitrogens with zero attached hydrogens (tertiary/aromatic N) is 7. The summed E-state index contributed by atoms with van der Waals surface area (Å²) in [6.45, 7) is 8.97. The molecule has 4 aliphatic heterocycles. The normalized spacial score (nSPS) is 19.6. The number of carbonyl (C=O) groups is 5. The molecule has 4 aliphatic rings. The Morgan fingerprint density at radius 2 is 1.75 bits per heavy atom. The van der Waals surface area contributed by atoms with E-state index in [1.54, 1.807) is 22.3 Å². The molecule has 290 valence electrons. The van der Waals surface area contributed by atoms with Gasteiger partial charge in [0, 0.05) is 72.2 Å². The molecule has 4 aromatic rings. The highest BCUT2D eigenvalue weighted by molar-refractivity contribution is 7.15. The molecule has 0 saturated carbocycles. The fourth-order valence-electron chi connectivity index (χ4n) is 8.27. The zero-order chi connectivity index (χ0) is 39.2. The van der Waals surface area contributed by atoms with Gasteiger partial charge in [-0.05, 0) is 74.9 Å². The first kappa shape index (κ1) is 37.9. The Hall–Kier alpha value is -5.05. The van der Waals surface area contributed by atoms with E-state index in [4.69, 9.17) is 16.6 Å². The lowest BCUT2D eigenvalue weighted by Gasteiger charge is -2.34. The molecule has 1 N–H and O–H groups in total. The van der Waals surface area contributed by atoms with Gasteiger partial charge in [0.15, 0.2) is 5.82 Å². The second-order valence-corrected chi connectivity index (χ2v) is 16.6. The highest BCUT2D eigenvalue weighted by Crippen LogP contribution is 2.40. The zero-order valence-electron chi connectivity index (χ0n) is 31.6. The summed E-state index contributed by atoms with van der Waals surface area (Å²) >= 11 is 7.93. The van der Waals surface area contributed by atoms with Crippen LogP contribution in [0.1, 0.15) is 92.8 Å². The molecule has 2 fully saturated rings. The van der Waals surface area contributed by atoms with E-state index in [1.807, 2.05) is 48.2 Å². The number of halogens is 1. The van der Waals surface area contributed by atoms with Crippen LogP contribution in [0.2, 0.25) is 5.02 Å². The first-order valence-electron chi connectivity index (χ1n) is 19.1. The lowest BCUT2D eigenvalue weighted by molar-refractivity contribution is -0.137. The van der Waals surface area contributed by atoms with Crippen LogP contribution >= 0.6 is 22.9 Å². The number of hydrogen-bond donors (Lipinski definition) is 1. The summed E-state index contributed by atoms with van der Waals surface area (Å²) in [5, 5.41) is 12.9. The number of hydrogen-bond acceptors (Lipinski definition) is 10. The van der Waals surface area contributed by atoms with E-state index in [0.717, 1.165) is 44.4 Å². The van der Waals surface area contributed by atoms with Gasteiger partial charge in [0.25, 0.3) is 5.91 Å². The molecule has 15 heteroatoms. The van der Waals surface area contributed by atoms with Gasteiger partial charge in [0.1, 0.15) is 28.7 Å². The van der Waals surface area contributed by atoms with Crippen LogP contribution in [0.3, 0.4) is 0 Å². The average molecular weight is 795 g/mol. The summed E-state index contributed by atoms with van der Waals surface area (Å²) in [7, 11) is 0. The van der Waals surface area contributed by atoms with E-state index < -0.39 is 18.0 Å². The molecule has 8 rings (SSSR count). The second-order valence-electron chi connectivity index (χ2n) is 15.0. The van der Waals surface area contributed by atoms with Gasteiger partial charge in [-0.25, -0.2) is 0 Å². The molecule has 6 heterocycles. The zero-order valence-corrected chi connectivity index (χ0v) is 33.2. The summed E-state index contributed by atoms with van der Waals surface area (Å²) in [6.07, 6.45) is 2.33. The van der Waals surface area contributed by atoms with Crippen LogP contribution in [0.25, 0.3) is 5.00 Å². The number of thiophene rings is 1. The smallest absolute Gasteiger partial charge is 0.255 e. The first-order chi connectivity index (χ1) is 27.0. The van der Waals surface area contributed by atoms with Gasteiger partial charge in [-0.3, -0.25) is 43.7 Å². The third kappa shape index (κ3) is 7.21. The second kappa shape index (κ2) is 15.5. The number of ketones is 1. The Bertz CT molecular complexity index is 2290. The number of piperazine rings is 1. The van der Waals surface area contributed by atoms with Crippen LogP contribution in [0.5, 0.6) is 0 Å². The van der Waals surface area contributed by atoms with Crippen molar-refractivity contribution in [2.24, 2.45) is 4.99 Å². The van der Waals surface area contributed by atoms with Gasteiger partial charge in [-0.2, -0.15) is 0 Å². The molecule has 2 atom stereocenters. The van der Waals surface area contributed by atoms with Gasteiger partial charge < -0.3 is 9.80 Å². The number of piperidine rings is 1. The lowest BCUT2D eigenvalue weighted by Crippen LogP contribution is -2.52. The molecular formula is C41H43ClN8O5S. The Morgan fingerprint density at radius 3 is 2.50 bits per heavy atom. The monoisotopic (exact) mass is 794 g/mol. The number of carbonyl (C=O) groups excluding carboxylic acids is 5. The van der Waals surface area contributed by atoms with Crippen LogP contribution in [-0.4, -0.2) is 103 Å². The van der Waals surface area contributed by atoms with Crippen molar-refractivity contribution in [1.29, 1.82) is 0 Å². The Labute approximate surface area is 333 Å². The van der Waals surface area contributed by atoms with Crippen LogP contribution in [-0.2, 0) is 32.1 Å². The number of rotatable bonds is 10. The maximum atomic E-state index is 13.9. The summed E-state index contributed by atoms with van der Waals surface area (Å²) in [4.78, 5) is 76.3. The van der Waals surface area contributed by atoms with Gasteiger partial charge in [-0.1, -0.05) is 35.9 Å². The van der Waals surface area contributed by atoms with Crippen molar-refractivity contribution in [1.82, 2.24) is 34.8 Å². The summed E-state index contributed by atoms with van der Waals surface area (Å²) in [5.41, 5.74) is 6.35. The van der Waals surface area contributed by atoms with Crippen LogP contribution in [0.15, 0.2) is 47.5 Å². The number of nitrogens with one attached hydrogen (secondary N) is 1. The molecular weight excluding hydrogens is 752 g/mol. The van der Waals surface area contributed by atoms with Crippen LogP contribution in [0.4, 0.5) is 0 Å². The fourth-order valence-corrected chi connectivity index (χ4v) is 9.61. The molecule has 4 amide bonds. The highest BCUT2D eigenvalue weighted by atomic mass is 35.5. The molecule has 0 bridgehead atoms. The Balaban J connectivity index is 0.867. The van der Waals surface area contributed by atoms with Crippen LogP contribution < -0.4 is 5.32 Å². The van der Waals surface area contributed by atoms with Crippen molar-refractivity contribution < 1.29 is 24.0 Å². The number of benzene rings is 2. The maximum absolute atomic E-state index is 13.9. The molecule has 2 aromatic carbocycles.